The van der Waals surface area contributed by atoms with Gasteiger partial charge in [0.25, 0.3) is 0 Å². The maximum Gasteiger partial charge on any atom is 0.144 e. The number of halogens is 1. The molecule has 1 aliphatic heterocycles. The zero-order valence-electron chi connectivity index (χ0n) is 10.6. The van der Waals surface area contributed by atoms with Crippen molar-refractivity contribution in [3.63, 3.8) is 0 Å². The predicted molar refractivity (Wildman–Crippen MR) is 75.6 cm³/mol. The van der Waals surface area contributed by atoms with Crippen LogP contribution < -0.4 is 22.5 Å². The van der Waals surface area contributed by atoms with Crippen molar-refractivity contribution in [3.05, 3.63) is 59.4 Å². The van der Waals surface area contributed by atoms with Gasteiger partial charge in [-0.05, 0) is 22.8 Å². The van der Waals surface area contributed by atoms with Crippen LogP contribution in [0.1, 0.15) is 0 Å². The maximum absolute atomic E-state index is 13.8. The molecule has 0 saturated heterocycles. The average molecular weight is 262 g/mol. The van der Waals surface area contributed by atoms with Crippen molar-refractivity contribution in [3.8, 4) is 0 Å². The van der Waals surface area contributed by atoms with E-state index in [4.69, 9.17) is 17.2 Å². The number of alkyl halides is 1. The maximum atomic E-state index is 13.8. The molecule has 19 heavy (non-hydrogen) atoms. The molecule has 1 heterocycles. The molecule has 0 spiro atoms. The summed E-state index contributed by atoms with van der Waals surface area (Å²) in [6.07, 6.45) is 11.0. The first-order chi connectivity index (χ1) is 9.11. The van der Waals surface area contributed by atoms with Crippen molar-refractivity contribution in [2.24, 2.45) is 17.2 Å². The van der Waals surface area contributed by atoms with E-state index in [-0.39, 0.29) is 6.17 Å². The first kappa shape index (κ1) is 13.7. The molecule has 7 N–H and O–H groups in total. The third-order valence-corrected chi connectivity index (χ3v) is 3.16. The van der Waals surface area contributed by atoms with Crippen LogP contribution in [0.15, 0.2) is 59.4 Å². The van der Waals surface area contributed by atoms with Gasteiger partial charge in [-0.25, -0.2) is 4.39 Å². The highest BCUT2D eigenvalue weighted by atomic mass is 19.1. The van der Waals surface area contributed by atoms with Gasteiger partial charge in [0.05, 0.1) is 12.2 Å². The van der Waals surface area contributed by atoms with Crippen LogP contribution in [0.2, 0.25) is 0 Å². The Morgan fingerprint density at radius 3 is 2.84 bits per heavy atom. The van der Waals surface area contributed by atoms with E-state index in [2.05, 4.69) is 5.32 Å². The Morgan fingerprint density at radius 1 is 1.32 bits per heavy atom. The zero-order chi connectivity index (χ0) is 13.8. The Labute approximate surface area is 112 Å². The van der Waals surface area contributed by atoms with Crippen LogP contribution in [0.3, 0.4) is 0 Å². The van der Waals surface area contributed by atoms with Gasteiger partial charge in [0.15, 0.2) is 0 Å². The number of hydrogen-bond donors (Lipinski definition) is 4. The summed E-state index contributed by atoms with van der Waals surface area (Å²) in [6.45, 7) is 0.390. The number of nitrogens with one attached hydrogen (secondary N) is 1. The lowest BCUT2D eigenvalue weighted by Crippen LogP contribution is -2.40. The van der Waals surface area contributed by atoms with Gasteiger partial charge in [0, 0.05) is 12.7 Å². The Bertz CT molecular complexity index is 488. The van der Waals surface area contributed by atoms with E-state index in [9.17, 15) is 4.39 Å². The Balaban J connectivity index is 2.10. The molecule has 0 aromatic rings. The largest absolute Gasteiger partial charge is 0.372 e. The zero-order valence-corrected chi connectivity index (χ0v) is 10.6. The Kier molecular flexibility index (Phi) is 4.31. The minimum Gasteiger partial charge on any atom is -0.372 e. The van der Waals surface area contributed by atoms with Crippen LogP contribution in [0.5, 0.6) is 0 Å². The summed E-state index contributed by atoms with van der Waals surface area (Å²) in [7, 11) is 0. The fourth-order valence-electron chi connectivity index (χ4n) is 1.97. The molecule has 4 nitrogen and oxygen atoms in total. The first-order valence-corrected chi connectivity index (χ1v) is 6.20. The third kappa shape index (κ3) is 3.20. The molecule has 0 amide bonds. The van der Waals surface area contributed by atoms with Gasteiger partial charge in [0.2, 0.25) is 0 Å². The molecular formula is C14H19FN4. The summed E-state index contributed by atoms with van der Waals surface area (Å²) in [6, 6.07) is -0.577. The molecule has 102 valence electrons. The van der Waals surface area contributed by atoms with Crippen molar-refractivity contribution in [2.75, 3.05) is 6.54 Å². The minimum absolute atomic E-state index is 0.249. The van der Waals surface area contributed by atoms with Crippen LogP contribution in [-0.4, -0.2) is 24.9 Å². The van der Waals surface area contributed by atoms with Crippen molar-refractivity contribution in [2.45, 2.75) is 18.4 Å². The number of hydrogen-bond acceptors (Lipinski definition) is 4. The topological polar surface area (TPSA) is 90.1 Å². The summed E-state index contributed by atoms with van der Waals surface area (Å²) in [5.74, 6) is 0. The SMILES string of the molecule is NCC1=CC(C=CC2=CC=CC(N)C2F)=CNC1N. The van der Waals surface area contributed by atoms with Gasteiger partial charge in [-0.3, -0.25) is 0 Å². The molecule has 2 aliphatic rings. The number of dihydropyridines is 1. The smallest absolute Gasteiger partial charge is 0.144 e. The van der Waals surface area contributed by atoms with Crippen LogP contribution in [0.4, 0.5) is 4.39 Å². The van der Waals surface area contributed by atoms with Gasteiger partial charge in [-0.15, -0.1) is 0 Å². The van der Waals surface area contributed by atoms with Crippen molar-refractivity contribution in [1.82, 2.24) is 5.32 Å². The van der Waals surface area contributed by atoms with Gasteiger partial charge < -0.3 is 22.5 Å². The molecule has 0 aromatic heterocycles. The second-order valence-electron chi connectivity index (χ2n) is 4.58. The molecule has 3 atom stereocenters. The average Bonchev–Trinajstić information content (AvgIpc) is 2.42. The van der Waals surface area contributed by atoms with E-state index in [1.807, 2.05) is 12.2 Å². The fraction of sp³-hybridized carbons (Fsp3) is 0.286. The van der Waals surface area contributed by atoms with Crippen LogP contribution in [0, 0.1) is 0 Å². The highest BCUT2D eigenvalue weighted by Crippen LogP contribution is 2.19. The lowest BCUT2D eigenvalue weighted by atomic mass is 9.97. The second-order valence-corrected chi connectivity index (χ2v) is 4.58. The van der Waals surface area contributed by atoms with E-state index in [0.29, 0.717) is 12.1 Å². The summed E-state index contributed by atoms with van der Waals surface area (Å²) >= 11 is 0. The summed E-state index contributed by atoms with van der Waals surface area (Å²) in [5.41, 5.74) is 19.4. The van der Waals surface area contributed by atoms with Crippen LogP contribution in [0.25, 0.3) is 0 Å². The van der Waals surface area contributed by atoms with Crippen LogP contribution >= 0.6 is 0 Å². The van der Waals surface area contributed by atoms with Crippen molar-refractivity contribution in [1.29, 1.82) is 0 Å². The van der Waals surface area contributed by atoms with E-state index in [1.54, 1.807) is 30.5 Å². The normalized spacial score (nSPS) is 30.7. The molecular weight excluding hydrogens is 243 g/mol. The fourth-order valence-corrected chi connectivity index (χ4v) is 1.97. The van der Waals surface area contributed by atoms with Crippen molar-refractivity contribution >= 4 is 0 Å². The quantitative estimate of drug-likeness (QED) is 0.591. The highest BCUT2D eigenvalue weighted by molar-refractivity contribution is 5.43. The number of rotatable bonds is 3. The molecule has 3 unspecified atom stereocenters. The molecule has 1 aliphatic carbocycles. The molecule has 2 rings (SSSR count). The molecule has 0 radical (unpaired) electrons. The Hall–Kier alpha value is -1.69. The lowest BCUT2D eigenvalue weighted by molar-refractivity contribution is 0.356. The monoisotopic (exact) mass is 262 g/mol. The highest BCUT2D eigenvalue weighted by Gasteiger charge is 2.19. The number of nitrogens with two attached hydrogens (primary N) is 3. The number of allylic oxidation sites excluding steroid dienone is 6. The van der Waals surface area contributed by atoms with Gasteiger partial charge >= 0.3 is 0 Å². The minimum atomic E-state index is -1.17. The Morgan fingerprint density at radius 2 is 2.11 bits per heavy atom. The van der Waals surface area contributed by atoms with E-state index in [1.165, 1.54) is 0 Å². The van der Waals surface area contributed by atoms with Crippen molar-refractivity contribution < 1.29 is 4.39 Å². The second kappa shape index (κ2) is 5.97. The third-order valence-electron chi connectivity index (χ3n) is 3.16. The molecule has 0 fully saturated rings. The summed E-state index contributed by atoms with van der Waals surface area (Å²) < 4.78 is 13.8. The van der Waals surface area contributed by atoms with E-state index >= 15 is 0 Å². The van der Waals surface area contributed by atoms with Gasteiger partial charge in [-0.1, -0.05) is 30.4 Å². The standard InChI is InChI=1S/C14H19FN4/c15-13-10(2-1-3-12(13)17)5-4-9-6-11(7-16)14(18)19-8-9/h1-6,8,12-14,19H,7,16-18H2. The summed E-state index contributed by atoms with van der Waals surface area (Å²) in [5, 5.41) is 3.01. The predicted octanol–water partition coefficient (Wildman–Crippen LogP) is 0.361. The molecule has 5 heteroatoms. The summed E-state index contributed by atoms with van der Waals surface area (Å²) in [4.78, 5) is 0. The molecule has 0 saturated carbocycles. The molecule has 0 aromatic carbocycles. The van der Waals surface area contributed by atoms with Gasteiger partial charge in [-0.2, -0.15) is 0 Å². The van der Waals surface area contributed by atoms with Crippen LogP contribution in [-0.2, 0) is 0 Å². The first-order valence-electron chi connectivity index (χ1n) is 6.20. The van der Waals surface area contributed by atoms with E-state index in [0.717, 1.165) is 11.1 Å². The van der Waals surface area contributed by atoms with E-state index < -0.39 is 12.2 Å². The lowest BCUT2D eigenvalue weighted by Gasteiger charge is -2.20. The van der Waals surface area contributed by atoms with Gasteiger partial charge in [0.1, 0.15) is 6.17 Å². The molecule has 0 bridgehead atoms.